The summed E-state index contributed by atoms with van der Waals surface area (Å²) in [7, 11) is 0. The third kappa shape index (κ3) is 3.19. The highest BCUT2D eigenvalue weighted by Crippen LogP contribution is 2.34. The lowest BCUT2D eigenvalue weighted by Gasteiger charge is -2.26. The maximum atomic E-state index is 9.05. The van der Waals surface area contributed by atoms with Crippen molar-refractivity contribution in [2.75, 3.05) is 5.32 Å². The van der Waals surface area contributed by atoms with Gasteiger partial charge in [-0.25, -0.2) is 0 Å². The molecule has 2 aromatic rings. The Morgan fingerprint density at radius 1 is 1.14 bits per heavy atom. The second-order valence-electron chi connectivity index (χ2n) is 5.64. The van der Waals surface area contributed by atoms with Crippen molar-refractivity contribution in [2.45, 2.75) is 39.0 Å². The predicted octanol–water partition coefficient (Wildman–Crippen LogP) is 3.50. The van der Waals surface area contributed by atoms with Crippen molar-refractivity contribution in [1.82, 2.24) is 0 Å². The summed E-state index contributed by atoms with van der Waals surface area (Å²) < 4.78 is 5.99. The molecule has 0 aromatic heterocycles. The van der Waals surface area contributed by atoms with Gasteiger partial charge in [0.25, 0.3) is 0 Å². The van der Waals surface area contributed by atoms with Gasteiger partial charge < -0.3 is 15.2 Å². The van der Waals surface area contributed by atoms with Gasteiger partial charge in [-0.3, -0.25) is 0 Å². The van der Waals surface area contributed by atoms with E-state index >= 15 is 0 Å². The predicted molar refractivity (Wildman–Crippen MR) is 84.5 cm³/mol. The average Bonchev–Trinajstić information content (AvgIpc) is 2.53. The standard InChI is InChI=1S/C18H21NO2/c1-13-5-10-16-3-2-4-17(18(16)19-13)21-12-15-8-6-14(11-20)7-9-15/h2-4,6-9,13,19-20H,5,10-12H2,1H3. The SMILES string of the molecule is CC1CCc2cccc(OCc3ccc(CO)cc3)c2N1. The highest BCUT2D eigenvalue weighted by atomic mass is 16.5. The van der Waals surface area contributed by atoms with Crippen molar-refractivity contribution in [2.24, 2.45) is 0 Å². The Morgan fingerprint density at radius 2 is 1.90 bits per heavy atom. The van der Waals surface area contributed by atoms with Crippen LogP contribution >= 0.6 is 0 Å². The van der Waals surface area contributed by atoms with Crippen LogP contribution in [0.4, 0.5) is 5.69 Å². The van der Waals surface area contributed by atoms with Crippen LogP contribution in [-0.4, -0.2) is 11.1 Å². The van der Waals surface area contributed by atoms with Gasteiger partial charge in [0.15, 0.2) is 0 Å². The van der Waals surface area contributed by atoms with Crippen LogP contribution in [-0.2, 0) is 19.6 Å². The zero-order valence-corrected chi connectivity index (χ0v) is 12.3. The van der Waals surface area contributed by atoms with Crippen molar-refractivity contribution in [3.63, 3.8) is 0 Å². The summed E-state index contributed by atoms with van der Waals surface area (Å²) in [5.74, 6) is 0.922. The number of fused-ring (bicyclic) bond motifs is 1. The first kappa shape index (κ1) is 14.0. The zero-order chi connectivity index (χ0) is 14.7. The first-order valence-corrected chi connectivity index (χ1v) is 7.46. The third-order valence-electron chi connectivity index (χ3n) is 3.95. The van der Waals surface area contributed by atoms with Crippen molar-refractivity contribution >= 4 is 5.69 Å². The highest BCUT2D eigenvalue weighted by Gasteiger charge is 2.17. The lowest BCUT2D eigenvalue weighted by atomic mass is 9.98. The minimum atomic E-state index is 0.0785. The van der Waals surface area contributed by atoms with Gasteiger partial charge in [-0.15, -0.1) is 0 Å². The van der Waals surface area contributed by atoms with Crippen molar-refractivity contribution in [1.29, 1.82) is 0 Å². The molecule has 2 aromatic carbocycles. The molecular formula is C18H21NO2. The van der Waals surface area contributed by atoms with E-state index in [0.717, 1.165) is 29.0 Å². The van der Waals surface area contributed by atoms with Crippen LogP contribution in [0.2, 0.25) is 0 Å². The summed E-state index contributed by atoms with van der Waals surface area (Å²) in [6.07, 6.45) is 2.27. The first-order chi connectivity index (χ1) is 10.3. The zero-order valence-electron chi connectivity index (χ0n) is 12.3. The fourth-order valence-corrected chi connectivity index (χ4v) is 2.66. The highest BCUT2D eigenvalue weighted by molar-refractivity contribution is 5.64. The Balaban J connectivity index is 1.73. The minimum absolute atomic E-state index is 0.0785. The molecule has 21 heavy (non-hydrogen) atoms. The summed E-state index contributed by atoms with van der Waals surface area (Å²) >= 11 is 0. The number of anilines is 1. The van der Waals surface area contributed by atoms with Crippen LogP contribution in [0.3, 0.4) is 0 Å². The number of hydrogen-bond donors (Lipinski definition) is 2. The molecule has 1 aliphatic rings. The maximum Gasteiger partial charge on any atom is 0.143 e. The molecule has 110 valence electrons. The van der Waals surface area contributed by atoms with E-state index in [1.807, 2.05) is 30.3 Å². The molecule has 0 spiro atoms. The van der Waals surface area contributed by atoms with Gasteiger partial charge in [0.2, 0.25) is 0 Å². The lowest BCUT2D eigenvalue weighted by Crippen LogP contribution is -2.22. The minimum Gasteiger partial charge on any atom is -0.487 e. The van der Waals surface area contributed by atoms with Crippen LogP contribution in [0.25, 0.3) is 0 Å². The summed E-state index contributed by atoms with van der Waals surface area (Å²) in [6.45, 7) is 2.82. The van der Waals surface area contributed by atoms with Crippen LogP contribution in [0.15, 0.2) is 42.5 Å². The molecule has 1 aliphatic heterocycles. The fourth-order valence-electron chi connectivity index (χ4n) is 2.66. The van der Waals surface area contributed by atoms with Gasteiger partial charge in [-0.2, -0.15) is 0 Å². The van der Waals surface area contributed by atoms with E-state index in [9.17, 15) is 0 Å². The molecular weight excluding hydrogens is 262 g/mol. The fraction of sp³-hybridized carbons (Fsp3) is 0.333. The number of aryl methyl sites for hydroxylation is 1. The van der Waals surface area contributed by atoms with E-state index in [2.05, 4.69) is 24.4 Å². The Hall–Kier alpha value is -2.00. The quantitative estimate of drug-likeness (QED) is 0.902. The summed E-state index contributed by atoms with van der Waals surface area (Å²) in [5.41, 5.74) is 4.50. The Morgan fingerprint density at radius 3 is 2.67 bits per heavy atom. The molecule has 0 amide bonds. The van der Waals surface area contributed by atoms with Crippen LogP contribution in [0.5, 0.6) is 5.75 Å². The van der Waals surface area contributed by atoms with Gasteiger partial charge in [0.05, 0.1) is 12.3 Å². The number of aliphatic hydroxyl groups is 1. The molecule has 0 saturated heterocycles. The van der Waals surface area contributed by atoms with Gasteiger partial charge in [0.1, 0.15) is 12.4 Å². The molecule has 3 nitrogen and oxygen atoms in total. The molecule has 2 N–H and O–H groups in total. The second-order valence-corrected chi connectivity index (χ2v) is 5.64. The lowest BCUT2D eigenvalue weighted by molar-refractivity contribution is 0.281. The number of para-hydroxylation sites is 1. The van der Waals surface area contributed by atoms with E-state index in [4.69, 9.17) is 9.84 Å². The van der Waals surface area contributed by atoms with E-state index in [1.54, 1.807) is 0 Å². The molecule has 3 heteroatoms. The molecule has 0 bridgehead atoms. The smallest absolute Gasteiger partial charge is 0.143 e. The average molecular weight is 283 g/mol. The Labute approximate surface area is 125 Å². The van der Waals surface area contributed by atoms with Gasteiger partial charge in [0, 0.05) is 6.04 Å². The monoisotopic (exact) mass is 283 g/mol. The molecule has 0 saturated carbocycles. The number of rotatable bonds is 4. The Bertz CT molecular complexity index is 607. The molecule has 1 unspecified atom stereocenters. The summed E-state index contributed by atoms with van der Waals surface area (Å²) in [5, 5.41) is 12.6. The van der Waals surface area contributed by atoms with Gasteiger partial charge in [-0.1, -0.05) is 36.4 Å². The van der Waals surface area contributed by atoms with Crippen LogP contribution < -0.4 is 10.1 Å². The van der Waals surface area contributed by atoms with E-state index < -0.39 is 0 Å². The van der Waals surface area contributed by atoms with Crippen molar-refractivity contribution in [3.8, 4) is 5.75 Å². The second kappa shape index (κ2) is 6.19. The molecule has 1 heterocycles. The van der Waals surface area contributed by atoms with Gasteiger partial charge in [-0.05, 0) is 42.5 Å². The Kier molecular flexibility index (Phi) is 4.11. The molecule has 0 radical (unpaired) electrons. The van der Waals surface area contributed by atoms with Crippen LogP contribution in [0, 0.1) is 0 Å². The normalized spacial score (nSPS) is 17.0. The third-order valence-corrected chi connectivity index (χ3v) is 3.95. The van der Waals surface area contributed by atoms with Crippen molar-refractivity contribution in [3.05, 3.63) is 59.2 Å². The van der Waals surface area contributed by atoms with E-state index in [-0.39, 0.29) is 6.61 Å². The first-order valence-electron chi connectivity index (χ1n) is 7.46. The number of aliphatic hydroxyl groups excluding tert-OH is 1. The number of nitrogens with one attached hydrogen (secondary N) is 1. The van der Waals surface area contributed by atoms with Crippen LogP contribution in [0.1, 0.15) is 30.0 Å². The van der Waals surface area contributed by atoms with E-state index in [1.165, 1.54) is 12.0 Å². The molecule has 0 fully saturated rings. The maximum absolute atomic E-state index is 9.05. The van der Waals surface area contributed by atoms with E-state index in [0.29, 0.717) is 12.6 Å². The number of benzene rings is 2. The summed E-state index contributed by atoms with van der Waals surface area (Å²) in [6, 6.07) is 14.6. The topological polar surface area (TPSA) is 41.5 Å². The largest absolute Gasteiger partial charge is 0.487 e. The molecule has 1 atom stereocenters. The van der Waals surface area contributed by atoms with Gasteiger partial charge >= 0.3 is 0 Å². The molecule has 0 aliphatic carbocycles. The number of ether oxygens (including phenoxy) is 1. The summed E-state index contributed by atoms with van der Waals surface area (Å²) in [4.78, 5) is 0. The number of hydrogen-bond acceptors (Lipinski definition) is 3. The van der Waals surface area contributed by atoms with Crippen molar-refractivity contribution < 1.29 is 9.84 Å². The molecule has 3 rings (SSSR count).